The van der Waals surface area contributed by atoms with Gasteiger partial charge in [-0.15, -0.1) is 0 Å². The maximum Gasteiger partial charge on any atom is 0.144 e. The van der Waals surface area contributed by atoms with Gasteiger partial charge < -0.3 is 19.7 Å². The van der Waals surface area contributed by atoms with Crippen LogP contribution in [0, 0.1) is 0 Å². The lowest BCUT2D eigenvalue weighted by Gasteiger charge is -2.39. The maximum atomic E-state index is 11.6. The second kappa shape index (κ2) is 18.9. The molecule has 0 aliphatic heterocycles. The summed E-state index contributed by atoms with van der Waals surface area (Å²) in [6.45, 7) is 5.21. The summed E-state index contributed by atoms with van der Waals surface area (Å²) >= 11 is 0. The van der Waals surface area contributed by atoms with E-state index in [0.717, 1.165) is 19.4 Å². The molecule has 0 spiro atoms. The smallest absolute Gasteiger partial charge is 0.144 e. The Morgan fingerprint density at radius 1 is 0.800 bits per heavy atom. The fourth-order valence-electron chi connectivity index (χ4n) is 4.16. The van der Waals surface area contributed by atoms with Crippen LogP contribution in [-0.4, -0.2) is 50.2 Å². The van der Waals surface area contributed by atoms with Crippen LogP contribution in [0.4, 0.5) is 0 Å². The summed E-state index contributed by atoms with van der Waals surface area (Å²) in [4.78, 5) is 11.6. The number of hydrogen-bond acceptors (Lipinski definition) is 3. The molecule has 4 heteroatoms. The third kappa shape index (κ3) is 15.9. The Morgan fingerprint density at radius 3 is 1.70 bits per heavy atom. The summed E-state index contributed by atoms with van der Waals surface area (Å²) in [6.07, 6.45) is 23.9. The van der Waals surface area contributed by atoms with Crippen molar-refractivity contribution >= 4 is 5.97 Å². The Labute approximate surface area is 188 Å². The Balaban J connectivity index is 3.61. The standard InChI is InChI=1S/C26H52N2O2/c1-6-8-9-10-11-12-13-14-15-16-17-18-19-20-21-22-23-27-24(7-2)25(26(29)30)28(3,4)5/h14-15,24-25,27H,6-13,16-23H2,1-5H3/b15-14-. The largest absolute Gasteiger partial charge is 0.544 e. The van der Waals surface area contributed by atoms with Gasteiger partial charge in [0.2, 0.25) is 0 Å². The number of carbonyl (C=O) groups excluding carboxylic acids is 1. The minimum absolute atomic E-state index is 0.0295. The number of nitrogens with one attached hydrogen (secondary N) is 1. The molecule has 0 aromatic carbocycles. The number of rotatable bonds is 21. The first kappa shape index (κ1) is 29.1. The molecule has 0 radical (unpaired) electrons. The molecule has 1 N–H and O–H groups in total. The minimum atomic E-state index is -0.956. The average Bonchev–Trinajstić information content (AvgIpc) is 2.67. The zero-order valence-corrected chi connectivity index (χ0v) is 20.9. The van der Waals surface area contributed by atoms with Crippen molar-refractivity contribution in [3.63, 3.8) is 0 Å². The van der Waals surface area contributed by atoms with Crippen LogP contribution >= 0.6 is 0 Å². The first-order valence-electron chi connectivity index (χ1n) is 12.7. The molecule has 178 valence electrons. The normalized spacial score (nSPS) is 14.3. The van der Waals surface area contributed by atoms with Gasteiger partial charge in [-0.05, 0) is 45.1 Å². The van der Waals surface area contributed by atoms with E-state index in [-0.39, 0.29) is 6.04 Å². The molecule has 0 heterocycles. The topological polar surface area (TPSA) is 52.2 Å². The van der Waals surface area contributed by atoms with E-state index in [4.69, 9.17) is 0 Å². The summed E-state index contributed by atoms with van der Waals surface area (Å²) < 4.78 is 0.390. The molecule has 2 unspecified atom stereocenters. The molecular weight excluding hydrogens is 372 g/mol. The first-order chi connectivity index (χ1) is 14.3. The first-order valence-corrected chi connectivity index (χ1v) is 12.7. The van der Waals surface area contributed by atoms with Crippen molar-refractivity contribution in [3.8, 4) is 0 Å². The summed E-state index contributed by atoms with van der Waals surface area (Å²) in [5.74, 6) is -0.956. The third-order valence-electron chi connectivity index (χ3n) is 5.99. The molecule has 4 nitrogen and oxygen atoms in total. The highest BCUT2D eigenvalue weighted by Gasteiger charge is 2.32. The molecule has 0 amide bonds. The Hall–Kier alpha value is -0.870. The van der Waals surface area contributed by atoms with Gasteiger partial charge >= 0.3 is 0 Å². The monoisotopic (exact) mass is 424 g/mol. The van der Waals surface area contributed by atoms with Crippen molar-refractivity contribution in [3.05, 3.63) is 12.2 Å². The average molecular weight is 425 g/mol. The Kier molecular flexibility index (Phi) is 18.3. The zero-order chi connectivity index (χ0) is 22.7. The van der Waals surface area contributed by atoms with Gasteiger partial charge in [0.1, 0.15) is 12.0 Å². The van der Waals surface area contributed by atoms with Crippen LogP contribution in [0.3, 0.4) is 0 Å². The van der Waals surface area contributed by atoms with Gasteiger partial charge in [0, 0.05) is 0 Å². The van der Waals surface area contributed by atoms with Crippen molar-refractivity contribution < 1.29 is 14.4 Å². The van der Waals surface area contributed by atoms with Crippen LogP contribution in [0.1, 0.15) is 110 Å². The van der Waals surface area contributed by atoms with E-state index in [2.05, 4.69) is 24.4 Å². The van der Waals surface area contributed by atoms with Crippen molar-refractivity contribution in [2.45, 2.75) is 122 Å². The second-order valence-electron chi connectivity index (χ2n) is 9.79. The van der Waals surface area contributed by atoms with Crippen molar-refractivity contribution in [2.75, 3.05) is 27.7 Å². The predicted molar refractivity (Wildman–Crippen MR) is 128 cm³/mol. The lowest BCUT2D eigenvalue weighted by atomic mass is 10.0. The van der Waals surface area contributed by atoms with Crippen molar-refractivity contribution in [1.29, 1.82) is 0 Å². The van der Waals surface area contributed by atoms with E-state index in [1.807, 2.05) is 28.1 Å². The molecule has 0 saturated heterocycles. The molecule has 0 aliphatic carbocycles. The van der Waals surface area contributed by atoms with Crippen LogP contribution in [0.15, 0.2) is 12.2 Å². The van der Waals surface area contributed by atoms with E-state index in [0.29, 0.717) is 4.48 Å². The Morgan fingerprint density at radius 2 is 1.27 bits per heavy atom. The number of hydrogen-bond donors (Lipinski definition) is 1. The summed E-state index contributed by atoms with van der Waals surface area (Å²) in [7, 11) is 5.78. The maximum absolute atomic E-state index is 11.6. The van der Waals surface area contributed by atoms with E-state index >= 15 is 0 Å². The molecule has 0 aliphatic rings. The fraction of sp³-hybridized carbons (Fsp3) is 0.885. The van der Waals surface area contributed by atoms with Crippen LogP contribution in [0.2, 0.25) is 0 Å². The number of carboxylic acid groups (broad SMARTS) is 1. The molecule has 0 saturated carbocycles. The lowest BCUT2D eigenvalue weighted by molar-refractivity contribution is -0.890. The molecule has 30 heavy (non-hydrogen) atoms. The molecule has 0 aromatic rings. The van der Waals surface area contributed by atoms with Gasteiger partial charge in [0.05, 0.1) is 27.2 Å². The number of likely N-dealkylation sites (N-methyl/N-ethyl adjacent to an activating group) is 1. The van der Waals surface area contributed by atoms with Gasteiger partial charge in [-0.3, -0.25) is 0 Å². The minimum Gasteiger partial charge on any atom is -0.544 e. The zero-order valence-electron chi connectivity index (χ0n) is 20.9. The van der Waals surface area contributed by atoms with Crippen LogP contribution in [-0.2, 0) is 4.79 Å². The predicted octanol–water partition coefficient (Wildman–Crippen LogP) is 5.22. The molecule has 0 rings (SSSR count). The summed E-state index contributed by atoms with van der Waals surface area (Å²) in [6, 6.07) is -0.540. The molecule has 2 atom stereocenters. The van der Waals surface area contributed by atoms with E-state index in [1.54, 1.807) is 0 Å². The second-order valence-corrected chi connectivity index (χ2v) is 9.79. The molecule has 0 fully saturated rings. The fourth-order valence-corrected chi connectivity index (χ4v) is 4.16. The summed E-state index contributed by atoms with van der Waals surface area (Å²) in [5, 5.41) is 15.0. The van der Waals surface area contributed by atoms with Crippen LogP contribution < -0.4 is 10.4 Å². The molecular formula is C26H52N2O2. The number of carbonyl (C=O) groups is 1. The number of aliphatic carboxylic acids is 1. The van der Waals surface area contributed by atoms with Crippen molar-refractivity contribution in [2.24, 2.45) is 0 Å². The van der Waals surface area contributed by atoms with E-state index in [1.165, 1.54) is 83.5 Å². The van der Waals surface area contributed by atoms with Crippen molar-refractivity contribution in [1.82, 2.24) is 5.32 Å². The van der Waals surface area contributed by atoms with E-state index < -0.39 is 12.0 Å². The molecule has 0 aromatic heterocycles. The number of quaternary nitrogens is 1. The highest BCUT2D eigenvalue weighted by Crippen LogP contribution is 2.12. The van der Waals surface area contributed by atoms with Gasteiger partial charge in [-0.1, -0.05) is 83.8 Å². The number of unbranched alkanes of at least 4 members (excludes halogenated alkanes) is 12. The highest BCUT2D eigenvalue weighted by molar-refractivity contribution is 5.70. The van der Waals surface area contributed by atoms with Gasteiger partial charge in [0.15, 0.2) is 0 Å². The van der Waals surface area contributed by atoms with Crippen LogP contribution in [0.5, 0.6) is 0 Å². The van der Waals surface area contributed by atoms with E-state index in [9.17, 15) is 9.90 Å². The van der Waals surface area contributed by atoms with Gasteiger partial charge in [-0.25, -0.2) is 0 Å². The number of carboxylic acids is 1. The number of allylic oxidation sites excluding steroid dienone is 2. The van der Waals surface area contributed by atoms with Crippen LogP contribution in [0.25, 0.3) is 0 Å². The molecule has 0 bridgehead atoms. The third-order valence-corrected chi connectivity index (χ3v) is 5.99. The van der Waals surface area contributed by atoms with Gasteiger partial charge in [-0.2, -0.15) is 0 Å². The number of nitrogens with zero attached hydrogens (tertiary/aromatic N) is 1. The summed E-state index contributed by atoms with van der Waals surface area (Å²) in [5.41, 5.74) is 0. The SMILES string of the molecule is CCCCCCCC/C=C\CCCCCCCCNC(CC)C(C(=O)[O-])[N+](C)(C)C. The van der Waals surface area contributed by atoms with Gasteiger partial charge in [0.25, 0.3) is 0 Å². The Bertz CT molecular complexity index is 429. The highest BCUT2D eigenvalue weighted by atomic mass is 16.4. The lowest BCUT2D eigenvalue weighted by Crippen LogP contribution is -2.63. The quantitative estimate of drug-likeness (QED) is 0.156.